The topological polar surface area (TPSA) is 86.0 Å². The van der Waals surface area contributed by atoms with Crippen molar-refractivity contribution >= 4 is 17.5 Å². The Hall–Kier alpha value is -3.06. The molecule has 0 saturated carbocycles. The number of hydrogen-bond donors (Lipinski definition) is 2. The van der Waals surface area contributed by atoms with E-state index < -0.39 is 0 Å². The van der Waals surface area contributed by atoms with Crippen LogP contribution in [-0.4, -0.2) is 22.1 Å². The molecule has 0 amide bonds. The number of aromatic nitrogens is 3. The van der Waals surface area contributed by atoms with Crippen molar-refractivity contribution in [2.75, 3.05) is 18.2 Å². The molecule has 0 aliphatic heterocycles. The lowest BCUT2D eigenvalue weighted by molar-refractivity contribution is 0.184. The molecule has 0 aliphatic carbocycles. The number of nitrogens with zero attached hydrogens (tertiary/aromatic N) is 3. The zero-order valence-corrected chi connectivity index (χ0v) is 14.6. The van der Waals surface area contributed by atoms with E-state index in [9.17, 15) is 4.39 Å². The monoisotopic (exact) mass is 353 g/mol. The summed E-state index contributed by atoms with van der Waals surface area (Å²) in [6.07, 6.45) is 4.78. The first-order valence-corrected chi connectivity index (χ1v) is 8.15. The van der Waals surface area contributed by atoms with Crippen molar-refractivity contribution in [1.82, 2.24) is 15.0 Å². The predicted molar refractivity (Wildman–Crippen MR) is 98.6 cm³/mol. The van der Waals surface area contributed by atoms with Gasteiger partial charge in [0.05, 0.1) is 12.8 Å². The molecule has 3 aromatic rings. The molecule has 3 N–H and O–H groups in total. The maximum Gasteiger partial charge on any atom is 0.150 e. The van der Waals surface area contributed by atoms with E-state index in [1.54, 1.807) is 37.8 Å². The number of ether oxygens (including phenoxy) is 1. The Morgan fingerprint density at radius 3 is 2.62 bits per heavy atom. The van der Waals surface area contributed by atoms with Crippen LogP contribution < -0.4 is 11.1 Å². The number of hydrogen-bond acceptors (Lipinski definition) is 6. The number of nitrogens with one attached hydrogen (secondary N) is 1. The third kappa shape index (κ3) is 3.94. The maximum atomic E-state index is 13.2. The number of benzene rings is 1. The normalized spacial score (nSPS) is 12.0. The lowest BCUT2D eigenvalue weighted by Gasteiger charge is -2.20. The van der Waals surface area contributed by atoms with Gasteiger partial charge >= 0.3 is 0 Å². The molecule has 0 aliphatic rings. The number of pyridine rings is 1. The van der Waals surface area contributed by atoms with E-state index in [-0.39, 0.29) is 11.7 Å². The third-order valence-electron chi connectivity index (χ3n) is 4.10. The largest absolute Gasteiger partial charge is 0.383 e. The van der Waals surface area contributed by atoms with Crippen molar-refractivity contribution in [3.05, 3.63) is 71.4 Å². The summed E-state index contributed by atoms with van der Waals surface area (Å²) in [7, 11) is 1.62. The van der Waals surface area contributed by atoms with E-state index in [1.165, 1.54) is 12.1 Å². The highest BCUT2D eigenvalue weighted by Crippen LogP contribution is 2.33. The fourth-order valence-corrected chi connectivity index (χ4v) is 2.88. The van der Waals surface area contributed by atoms with Crippen LogP contribution in [0.15, 0.2) is 48.9 Å². The molecular formula is C19H20FN5O. The van der Waals surface area contributed by atoms with Crippen molar-refractivity contribution in [2.45, 2.75) is 19.4 Å². The molecule has 0 fully saturated rings. The first-order chi connectivity index (χ1) is 12.6. The van der Waals surface area contributed by atoms with Gasteiger partial charge in [-0.3, -0.25) is 4.98 Å². The van der Waals surface area contributed by atoms with Gasteiger partial charge in [-0.2, -0.15) is 0 Å². The molecule has 0 saturated heterocycles. The van der Waals surface area contributed by atoms with Crippen LogP contribution in [0.5, 0.6) is 0 Å². The standard InChI is InChI=1S/C19H20FN5O/c1-12(13-3-5-15(20)6-4-13)18-14(11-26-2)9-16(25-19(18)21)24-17-10-22-7-8-23-17/h3-10,12H,11H2,1-2H3,(H3,21,23,24,25). The minimum absolute atomic E-state index is 0.0567. The number of nitrogen functional groups attached to an aromatic ring is 1. The second-order valence-electron chi connectivity index (χ2n) is 5.89. The average molecular weight is 353 g/mol. The van der Waals surface area contributed by atoms with Crippen LogP contribution in [0.1, 0.15) is 29.5 Å². The van der Waals surface area contributed by atoms with Crippen molar-refractivity contribution in [2.24, 2.45) is 0 Å². The molecule has 0 spiro atoms. The summed E-state index contributed by atoms with van der Waals surface area (Å²) in [5, 5.41) is 3.09. The molecule has 1 aromatic carbocycles. The smallest absolute Gasteiger partial charge is 0.150 e. The molecule has 134 valence electrons. The van der Waals surface area contributed by atoms with Crippen molar-refractivity contribution in [3.8, 4) is 0 Å². The second-order valence-corrected chi connectivity index (χ2v) is 5.89. The van der Waals surface area contributed by atoms with Crippen LogP contribution in [-0.2, 0) is 11.3 Å². The molecule has 0 bridgehead atoms. The Kier molecular flexibility index (Phi) is 5.38. The highest BCUT2D eigenvalue weighted by Gasteiger charge is 2.19. The van der Waals surface area contributed by atoms with Gasteiger partial charge in [-0.05, 0) is 29.3 Å². The Bertz CT molecular complexity index is 871. The molecule has 1 atom stereocenters. The zero-order valence-electron chi connectivity index (χ0n) is 14.6. The van der Waals surface area contributed by atoms with Crippen LogP contribution in [0.25, 0.3) is 0 Å². The summed E-state index contributed by atoms with van der Waals surface area (Å²) in [6, 6.07) is 8.26. The quantitative estimate of drug-likeness (QED) is 0.704. The van der Waals surface area contributed by atoms with E-state index in [2.05, 4.69) is 20.3 Å². The molecule has 2 aromatic heterocycles. The van der Waals surface area contributed by atoms with Crippen LogP contribution in [0.3, 0.4) is 0 Å². The predicted octanol–water partition coefficient (Wildman–Crippen LogP) is 3.63. The fraction of sp³-hybridized carbons (Fsp3) is 0.211. The van der Waals surface area contributed by atoms with Gasteiger partial charge in [0.25, 0.3) is 0 Å². The number of anilines is 3. The van der Waals surface area contributed by atoms with Crippen molar-refractivity contribution in [3.63, 3.8) is 0 Å². The summed E-state index contributed by atoms with van der Waals surface area (Å²) in [6.45, 7) is 2.39. The summed E-state index contributed by atoms with van der Waals surface area (Å²) >= 11 is 0. The lowest BCUT2D eigenvalue weighted by Crippen LogP contribution is -2.10. The molecular weight excluding hydrogens is 333 g/mol. The van der Waals surface area contributed by atoms with Crippen LogP contribution in [0.2, 0.25) is 0 Å². The van der Waals surface area contributed by atoms with Gasteiger partial charge < -0.3 is 15.8 Å². The lowest BCUT2D eigenvalue weighted by atomic mass is 9.90. The molecule has 7 heteroatoms. The van der Waals surface area contributed by atoms with Gasteiger partial charge in [0, 0.05) is 31.0 Å². The second kappa shape index (κ2) is 7.88. The number of halogens is 1. The Labute approximate surface area is 151 Å². The maximum absolute atomic E-state index is 13.2. The highest BCUT2D eigenvalue weighted by atomic mass is 19.1. The van der Waals surface area contributed by atoms with E-state index in [1.807, 2.05) is 13.0 Å². The van der Waals surface area contributed by atoms with Crippen LogP contribution >= 0.6 is 0 Å². The van der Waals surface area contributed by atoms with E-state index in [0.717, 1.165) is 16.7 Å². The summed E-state index contributed by atoms with van der Waals surface area (Å²) in [5.74, 6) is 1.20. The molecule has 26 heavy (non-hydrogen) atoms. The van der Waals surface area contributed by atoms with Gasteiger partial charge in [0.15, 0.2) is 0 Å². The zero-order chi connectivity index (χ0) is 18.5. The van der Waals surface area contributed by atoms with Crippen LogP contribution in [0.4, 0.5) is 21.8 Å². The molecule has 1 unspecified atom stereocenters. The Morgan fingerprint density at radius 1 is 1.19 bits per heavy atom. The summed E-state index contributed by atoms with van der Waals surface area (Å²) in [4.78, 5) is 12.6. The molecule has 2 heterocycles. The first kappa shape index (κ1) is 17.8. The number of rotatable bonds is 6. The van der Waals surface area contributed by atoms with E-state index >= 15 is 0 Å². The van der Waals surface area contributed by atoms with Gasteiger partial charge in [0.1, 0.15) is 23.3 Å². The van der Waals surface area contributed by atoms with Gasteiger partial charge in [-0.15, -0.1) is 0 Å². The average Bonchev–Trinajstić information content (AvgIpc) is 2.63. The van der Waals surface area contributed by atoms with Crippen LogP contribution in [0, 0.1) is 5.82 Å². The van der Waals surface area contributed by atoms with Gasteiger partial charge in [-0.25, -0.2) is 14.4 Å². The molecule has 3 rings (SSSR count). The van der Waals surface area contributed by atoms with E-state index in [4.69, 9.17) is 10.5 Å². The number of nitrogens with two attached hydrogens (primary N) is 1. The highest BCUT2D eigenvalue weighted by molar-refractivity contribution is 5.60. The summed E-state index contributed by atoms with van der Waals surface area (Å²) < 4.78 is 18.6. The fourth-order valence-electron chi connectivity index (χ4n) is 2.88. The minimum Gasteiger partial charge on any atom is -0.383 e. The minimum atomic E-state index is -0.271. The number of methoxy groups -OCH3 is 1. The Morgan fingerprint density at radius 2 is 1.96 bits per heavy atom. The first-order valence-electron chi connectivity index (χ1n) is 8.15. The van der Waals surface area contributed by atoms with Gasteiger partial charge in [0.2, 0.25) is 0 Å². The van der Waals surface area contributed by atoms with Gasteiger partial charge in [-0.1, -0.05) is 19.1 Å². The Balaban J connectivity index is 1.97. The van der Waals surface area contributed by atoms with E-state index in [0.29, 0.717) is 24.1 Å². The SMILES string of the molecule is COCc1cc(Nc2cnccn2)nc(N)c1C(C)c1ccc(F)cc1. The van der Waals surface area contributed by atoms with Crippen molar-refractivity contribution < 1.29 is 9.13 Å². The third-order valence-corrected chi connectivity index (χ3v) is 4.10. The molecule has 6 nitrogen and oxygen atoms in total. The molecule has 0 radical (unpaired) electrons. The summed E-state index contributed by atoms with van der Waals surface area (Å²) in [5.41, 5.74) is 8.98. The van der Waals surface area contributed by atoms with Crippen molar-refractivity contribution in [1.29, 1.82) is 0 Å².